The van der Waals surface area contributed by atoms with E-state index >= 15 is 0 Å². The van der Waals surface area contributed by atoms with Crippen molar-refractivity contribution >= 4 is 17.9 Å². The number of unbranched alkanes of at least 4 members (excludes halogenated alkanes) is 11. The molecule has 6 nitrogen and oxygen atoms in total. The Kier molecular flexibility index (Phi) is 53.6. The van der Waals surface area contributed by atoms with Crippen molar-refractivity contribution < 1.29 is 28.6 Å². The third kappa shape index (κ3) is 55.8. The summed E-state index contributed by atoms with van der Waals surface area (Å²) in [4.78, 5) is 38.0. The second-order valence-electron chi connectivity index (χ2n) is 17.7. The van der Waals surface area contributed by atoms with Crippen molar-refractivity contribution in [3.63, 3.8) is 0 Å². The van der Waals surface area contributed by atoms with Crippen LogP contribution in [0, 0.1) is 0 Å². The molecule has 0 fully saturated rings. The largest absolute Gasteiger partial charge is 0.462 e. The highest BCUT2D eigenvalue weighted by molar-refractivity contribution is 5.71. The molecule has 0 rings (SSSR count). The summed E-state index contributed by atoms with van der Waals surface area (Å²) >= 11 is 0. The van der Waals surface area contributed by atoms with Crippen LogP contribution in [0.5, 0.6) is 0 Å². The van der Waals surface area contributed by atoms with Crippen LogP contribution in [-0.4, -0.2) is 37.2 Å². The maximum absolute atomic E-state index is 12.8. The van der Waals surface area contributed by atoms with Crippen molar-refractivity contribution in [1.29, 1.82) is 0 Å². The topological polar surface area (TPSA) is 78.9 Å². The smallest absolute Gasteiger partial charge is 0.306 e. The van der Waals surface area contributed by atoms with Crippen LogP contribution in [0.15, 0.2) is 158 Å². The highest BCUT2D eigenvalue weighted by atomic mass is 16.6. The van der Waals surface area contributed by atoms with Gasteiger partial charge in [-0.15, -0.1) is 0 Å². The first-order valence-corrected chi connectivity index (χ1v) is 28.0. The quantitative estimate of drug-likeness (QED) is 0.0262. The van der Waals surface area contributed by atoms with Gasteiger partial charge < -0.3 is 14.2 Å². The van der Waals surface area contributed by atoms with Crippen LogP contribution in [0.25, 0.3) is 0 Å². The van der Waals surface area contributed by atoms with E-state index in [-0.39, 0.29) is 44.0 Å². The fourth-order valence-electron chi connectivity index (χ4n) is 6.85. The van der Waals surface area contributed by atoms with Crippen LogP contribution < -0.4 is 0 Å². The first-order chi connectivity index (χ1) is 35.0. The van der Waals surface area contributed by atoms with Crippen LogP contribution in [0.2, 0.25) is 0 Å². The third-order valence-electron chi connectivity index (χ3n) is 11.0. The lowest BCUT2D eigenvalue weighted by atomic mass is 10.1. The molecule has 0 aliphatic carbocycles. The van der Waals surface area contributed by atoms with Crippen LogP contribution in [0.4, 0.5) is 0 Å². The maximum atomic E-state index is 12.8. The molecule has 0 N–H and O–H groups in total. The van der Waals surface area contributed by atoms with Gasteiger partial charge in [0.05, 0.1) is 0 Å². The Morgan fingerprint density at radius 3 is 0.944 bits per heavy atom. The monoisotopic (exact) mass is 977 g/mol. The summed E-state index contributed by atoms with van der Waals surface area (Å²) in [7, 11) is 0. The fourth-order valence-corrected chi connectivity index (χ4v) is 6.85. The van der Waals surface area contributed by atoms with Gasteiger partial charge in [0.15, 0.2) is 6.10 Å². The van der Waals surface area contributed by atoms with Gasteiger partial charge in [-0.3, -0.25) is 14.4 Å². The summed E-state index contributed by atoms with van der Waals surface area (Å²) in [5.41, 5.74) is 0. The van der Waals surface area contributed by atoms with Crippen molar-refractivity contribution in [2.24, 2.45) is 0 Å². The van der Waals surface area contributed by atoms with Gasteiger partial charge in [-0.05, 0) is 135 Å². The predicted octanol–water partition coefficient (Wildman–Crippen LogP) is 19.0. The molecular formula is C65H100O6. The molecule has 0 aromatic heterocycles. The van der Waals surface area contributed by atoms with E-state index in [2.05, 4.69) is 179 Å². The van der Waals surface area contributed by atoms with E-state index in [1.54, 1.807) is 0 Å². The minimum Gasteiger partial charge on any atom is -0.462 e. The number of rotatable bonds is 48. The Labute approximate surface area is 435 Å². The lowest BCUT2D eigenvalue weighted by Gasteiger charge is -2.18. The second-order valence-corrected chi connectivity index (χ2v) is 17.7. The number of carbonyl (C=O) groups is 3. The van der Waals surface area contributed by atoms with Crippen LogP contribution in [0.3, 0.4) is 0 Å². The van der Waals surface area contributed by atoms with Crippen LogP contribution in [0.1, 0.15) is 213 Å². The lowest BCUT2D eigenvalue weighted by Crippen LogP contribution is -2.30. The summed E-state index contributed by atoms with van der Waals surface area (Å²) in [5.74, 6) is -1.03. The fraction of sp³-hybridized carbons (Fsp3) is 0.554. The van der Waals surface area contributed by atoms with E-state index in [4.69, 9.17) is 14.2 Å². The van der Waals surface area contributed by atoms with E-state index in [1.165, 1.54) is 25.7 Å². The summed E-state index contributed by atoms with van der Waals surface area (Å²) in [6, 6.07) is 0. The molecule has 0 amide bonds. The Balaban J connectivity index is 4.43. The van der Waals surface area contributed by atoms with Gasteiger partial charge >= 0.3 is 17.9 Å². The highest BCUT2D eigenvalue weighted by Crippen LogP contribution is 2.12. The Morgan fingerprint density at radius 1 is 0.296 bits per heavy atom. The number of carbonyl (C=O) groups excluding carboxylic acids is 3. The molecule has 0 heterocycles. The molecule has 0 radical (unpaired) electrons. The molecule has 396 valence electrons. The normalized spacial score (nSPS) is 13.3. The molecular weight excluding hydrogens is 877 g/mol. The Morgan fingerprint density at radius 2 is 0.563 bits per heavy atom. The number of esters is 3. The average Bonchev–Trinajstić information content (AvgIpc) is 3.37. The zero-order chi connectivity index (χ0) is 51.4. The van der Waals surface area contributed by atoms with Gasteiger partial charge in [0.2, 0.25) is 0 Å². The van der Waals surface area contributed by atoms with Gasteiger partial charge in [0, 0.05) is 19.3 Å². The first kappa shape index (κ1) is 66.0. The number of allylic oxidation sites excluding steroid dienone is 26. The summed E-state index contributed by atoms with van der Waals surface area (Å²) in [6.45, 7) is 6.26. The molecule has 0 aromatic rings. The molecule has 0 bridgehead atoms. The summed E-state index contributed by atoms with van der Waals surface area (Å²) in [5, 5.41) is 0. The number of hydrogen-bond donors (Lipinski definition) is 0. The van der Waals surface area contributed by atoms with Gasteiger partial charge in [-0.2, -0.15) is 0 Å². The highest BCUT2D eigenvalue weighted by Gasteiger charge is 2.19. The van der Waals surface area contributed by atoms with Gasteiger partial charge in [0.1, 0.15) is 13.2 Å². The standard InChI is InChI=1S/C65H100O6/c1-4-7-10-13-16-19-22-24-25-26-27-28-29-30-31-32-33-34-35-36-37-38-39-41-43-46-49-52-55-58-64(67)70-61-62(60-69-63(66)57-54-51-48-45-42-21-18-15-12-9-6-3)71-65(68)59-56-53-50-47-44-40-23-20-17-14-11-8-5-2/h7-8,10-11,15-20,24-25,27-28,30-31,33-34,36-37,39-41,44,46,49,62H,4-6,9,12-14,21-23,26,29,32,35,38,42-43,45,47-48,50-61H2,1-3H3/b10-7-,11-8-,18-15-,19-16-,20-17-,25-24-,28-27-,31-30-,34-33-,37-36-,41-39-,44-40-,49-46-. The zero-order valence-corrected chi connectivity index (χ0v) is 45.2. The Hall–Kier alpha value is -4.97. The van der Waals surface area contributed by atoms with Crippen molar-refractivity contribution in [2.45, 2.75) is 219 Å². The molecule has 0 spiro atoms. The van der Waals surface area contributed by atoms with Crippen molar-refractivity contribution in [2.75, 3.05) is 13.2 Å². The van der Waals surface area contributed by atoms with Gasteiger partial charge in [-0.25, -0.2) is 0 Å². The average molecular weight is 978 g/mol. The first-order valence-electron chi connectivity index (χ1n) is 28.0. The number of ether oxygens (including phenoxy) is 3. The van der Waals surface area contributed by atoms with Gasteiger partial charge in [0.25, 0.3) is 0 Å². The molecule has 0 saturated heterocycles. The third-order valence-corrected chi connectivity index (χ3v) is 11.0. The van der Waals surface area contributed by atoms with E-state index in [0.29, 0.717) is 19.3 Å². The molecule has 0 saturated carbocycles. The van der Waals surface area contributed by atoms with Crippen molar-refractivity contribution in [3.05, 3.63) is 158 Å². The maximum Gasteiger partial charge on any atom is 0.306 e. The molecule has 6 heteroatoms. The van der Waals surface area contributed by atoms with Crippen molar-refractivity contribution in [3.8, 4) is 0 Å². The second kappa shape index (κ2) is 57.6. The van der Waals surface area contributed by atoms with Crippen molar-refractivity contribution in [1.82, 2.24) is 0 Å². The molecule has 0 aliphatic rings. The molecule has 1 unspecified atom stereocenters. The zero-order valence-electron chi connectivity index (χ0n) is 45.2. The predicted molar refractivity (Wildman–Crippen MR) is 306 cm³/mol. The Bertz CT molecular complexity index is 1640. The molecule has 0 aromatic carbocycles. The van der Waals surface area contributed by atoms with Crippen LogP contribution in [-0.2, 0) is 28.6 Å². The molecule has 0 aliphatic heterocycles. The number of hydrogen-bond acceptors (Lipinski definition) is 6. The van der Waals surface area contributed by atoms with E-state index in [1.807, 2.05) is 0 Å². The summed E-state index contributed by atoms with van der Waals surface area (Å²) < 4.78 is 16.7. The minimum atomic E-state index is -0.826. The van der Waals surface area contributed by atoms with E-state index < -0.39 is 6.10 Å². The van der Waals surface area contributed by atoms with Gasteiger partial charge in [-0.1, -0.05) is 217 Å². The minimum absolute atomic E-state index is 0.119. The lowest BCUT2D eigenvalue weighted by molar-refractivity contribution is -0.167. The molecule has 71 heavy (non-hydrogen) atoms. The SMILES string of the molecule is CC/C=C\C/C=C\C/C=C\C/C=C\C/C=C\C/C=C\C/C=C\C/C=C\C/C=C\CCCC(=O)OCC(COC(=O)CCCCCCC/C=C\CCCC)OC(=O)CCCCC/C=C\C/C=C\C/C=C\CC. The van der Waals surface area contributed by atoms with E-state index in [9.17, 15) is 14.4 Å². The molecule has 1 atom stereocenters. The van der Waals surface area contributed by atoms with E-state index in [0.717, 1.165) is 135 Å². The summed E-state index contributed by atoms with van der Waals surface area (Å²) in [6.07, 6.45) is 83.9. The van der Waals surface area contributed by atoms with Crippen LogP contribution >= 0.6 is 0 Å².